The number of hydrogen-bond acceptors (Lipinski definition) is 6. The van der Waals surface area contributed by atoms with E-state index in [0.717, 1.165) is 36.6 Å². The number of piperazine rings is 1. The molecule has 2 aromatic rings. The smallest absolute Gasteiger partial charge is 0.255 e. The molecule has 0 bridgehead atoms. The summed E-state index contributed by atoms with van der Waals surface area (Å²) in [5, 5.41) is 7.04. The lowest BCUT2D eigenvalue weighted by Crippen LogP contribution is -2.46. The van der Waals surface area contributed by atoms with Crippen LogP contribution < -0.4 is 5.32 Å². The molecule has 0 radical (unpaired) electrons. The molecule has 6 nitrogen and oxygen atoms in total. The number of aromatic nitrogens is 2. The number of aryl methyl sites for hydroxylation is 1. The van der Waals surface area contributed by atoms with Gasteiger partial charge >= 0.3 is 0 Å². The van der Waals surface area contributed by atoms with Gasteiger partial charge in [-0.2, -0.15) is 4.98 Å². The van der Waals surface area contributed by atoms with E-state index in [1.54, 1.807) is 18.7 Å². The predicted molar refractivity (Wildman–Crippen MR) is 83.8 cm³/mol. The van der Waals surface area contributed by atoms with Crippen molar-refractivity contribution < 1.29 is 9.32 Å². The van der Waals surface area contributed by atoms with E-state index in [0.29, 0.717) is 17.5 Å². The SMILES string of the molecule is Cc1noc(CSc2ccccc2C(=O)N2CCNCC2)n1. The Morgan fingerprint density at radius 3 is 2.86 bits per heavy atom. The summed E-state index contributed by atoms with van der Waals surface area (Å²) in [6, 6.07) is 7.68. The van der Waals surface area contributed by atoms with Crippen LogP contribution >= 0.6 is 11.8 Å². The molecule has 22 heavy (non-hydrogen) atoms. The summed E-state index contributed by atoms with van der Waals surface area (Å²) in [4.78, 5) is 19.7. The van der Waals surface area contributed by atoms with Crippen molar-refractivity contribution in [3.05, 3.63) is 41.5 Å². The molecule has 1 fully saturated rings. The molecule has 1 aliphatic rings. The Balaban J connectivity index is 1.72. The van der Waals surface area contributed by atoms with Crippen LogP contribution in [0.25, 0.3) is 0 Å². The lowest BCUT2D eigenvalue weighted by atomic mass is 10.2. The Labute approximate surface area is 133 Å². The summed E-state index contributed by atoms with van der Waals surface area (Å²) in [5.74, 6) is 1.85. The second-order valence-electron chi connectivity index (χ2n) is 5.06. The van der Waals surface area contributed by atoms with Gasteiger partial charge in [-0.3, -0.25) is 4.79 Å². The van der Waals surface area contributed by atoms with Gasteiger partial charge in [-0.05, 0) is 19.1 Å². The number of thioether (sulfide) groups is 1. The van der Waals surface area contributed by atoms with Gasteiger partial charge in [0.05, 0.1) is 11.3 Å². The van der Waals surface area contributed by atoms with E-state index in [9.17, 15) is 4.79 Å². The van der Waals surface area contributed by atoms with Crippen molar-refractivity contribution in [2.75, 3.05) is 26.2 Å². The van der Waals surface area contributed by atoms with Crippen molar-refractivity contribution in [3.8, 4) is 0 Å². The van der Waals surface area contributed by atoms with Gasteiger partial charge in [0.2, 0.25) is 5.89 Å². The second kappa shape index (κ2) is 6.93. The summed E-state index contributed by atoms with van der Waals surface area (Å²) in [5.41, 5.74) is 0.741. The number of carbonyl (C=O) groups excluding carboxylic acids is 1. The van der Waals surface area contributed by atoms with E-state index in [4.69, 9.17) is 4.52 Å². The molecule has 2 heterocycles. The third-order valence-corrected chi connectivity index (χ3v) is 4.50. The number of benzene rings is 1. The zero-order valence-electron chi connectivity index (χ0n) is 12.4. The second-order valence-corrected chi connectivity index (χ2v) is 6.08. The number of hydrogen-bond donors (Lipinski definition) is 1. The molecule has 1 aromatic heterocycles. The Morgan fingerprint density at radius 2 is 2.14 bits per heavy atom. The van der Waals surface area contributed by atoms with Gasteiger partial charge in [0, 0.05) is 31.1 Å². The highest BCUT2D eigenvalue weighted by Gasteiger charge is 2.20. The highest BCUT2D eigenvalue weighted by Crippen LogP contribution is 2.26. The third kappa shape index (κ3) is 3.48. The van der Waals surface area contributed by atoms with Gasteiger partial charge in [0.25, 0.3) is 5.91 Å². The summed E-state index contributed by atoms with van der Waals surface area (Å²) in [6.07, 6.45) is 0. The molecule has 1 saturated heterocycles. The molecule has 0 unspecified atom stereocenters. The van der Waals surface area contributed by atoms with E-state index in [2.05, 4.69) is 15.5 Å². The van der Waals surface area contributed by atoms with Gasteiger partial charge in [-0.15, -0.1) is 11.8 Å². The van der Waals surface area contributed by atoms with Crippen LogP contribution in [0.4, 0.5) is 0 Å². The van der Waals surface area contributed by atoms with E-state index in [1.165, 1.54) is 0 Å². The first-order valence-electron chi connectivity index (χ1n) is 7.25. The van der Waals surface area contributed by atoms with Crippen molar-refractivity contribution in [1.29, 1.82) is 0 Å². The maximum absolute atomic E-state index is 12.7. The van der Waals surface area contributed by atoms with E-state index in [1.807, 2.05) is 29.2 Å². The van der Waals surface area contributed by atoms with Crippen LogP contribution in [-0.2, 0) is 5.75 Å². The molecule has 1 amide bonds. The van der Waals surface area contributed by atoms with Gasteiger partial charge in [-0.25, -0.2) is 0 Å². The molecule has 0 atom stereocenters. The topological polar surface area (TPSA) is 71.3 Å². The monoisotopic (exact) mass is 318 g/mol. The summed E-state index contributed by atoms with van der Waals surface area (Å²) in [6.45, 7) is 4.99. The lowest BCUT2D eigenvalue weighted by molar-refractivity contribution is 0.0732. The van der Waals surface area contributed by atoms with E-state index in [-0.39, 0.29) is 5.91 Å². The normalized spacial score (nSPS) is 15.0. The molecule has 1 aliphatic heterocycles. The van der Waals surface area contributed by atoms with Crippen molar-refractivity contribution in [2.45, 2.75) is 17.6 Å². The minimum absolute atomic E-state index is 0.0892. The first-order chi connectivity index (χ1) is 10.7. The van der Waals surface area contributed by atoms with Gasteiger partial charge < -0.3 is 14.7 Å². The maximum atomic E-state index is 12.7. The minimum Gasteiger partial charge on any atom is -0.338 e. The van der Waals surface area contributed by atoms with Crippen molar-refractivity contribution in [2.24, 2.45) is 0 Å². The average Bonchev–Trinajstić information content (AvgIpc) is 2.99. The summed E-state index contributed by atoms with van der Waals surface area (Å²) < 4.78 is 5.12. The van der Waals surface area contributed by atoms with Crippen LogP contribution in [-0.4, -0.2) is 47.1 Å². The Bertz CT molecular complexity index is 652. The van der Waals surface area contributed by atoms with Crippen molar-refractivity contribution in [3.63, 3.8) is 0 Å². The number of amides is 1. The molecule has 0 aliphatic carbocycles. The number of nitrogens with zero attached hydrogens (tertiary/aromatic N) is 3. The molecule has 0 spiro atoms. The maximum Gasteiger partial charge on any atom is 0.255 e. The highest BCUT2D eigenvalue weighted by atomic mass is 32.2. The minimum atomic E-state index is 0.0892. The van der Waals surface area contributed by atoms with Crippen LogP contribution in [0.3, 0.4) is 0 Å². The lowest BCUT2D eigenvalue weighted by Gasteiger charge is -2.28. The number of nitrogens with one attached hydrogen (secondary N) is 1. The molecule has 1 N–H and O–H groups in total. The zero-order chi connectivity index (χ0) is 15.4. The van der Waals surface area contributed by atoms with Gasteiger partial charge in [0.15, 0.2) is 5.82 Å². The van der Waals surface area contributed by atoms with E-state index < -0.39 is 0 Å². The van der Waals surface area contributed by atoms with Gasteiger partial charge in [0.1, 0.15) is 0 Å². The number of rotatable bonds is 4. The molecular weight excluding hydrogens is 300 g/mol. The van der Waals surface area contributed by atoms with Crippen LogP contribution in [0.15, 0.2) is 33.7 Å². The average molecular weight is 318 g/mol. The predicted octanol–water partition coefficient (Wildman–Crippen LogP) is 1.72. The highest BCUT2D eigenvalue weighted by molar-refractivity contribution is 7.98. The van der Waals surface area contributed by atoms with Crippen molar-refractivity contribution in [1.82, 2.24) is 20.4 Å². The molecule has 1 aromatic carbocycles. The standard InChI is InChI=1S/C15H18N4O2S/c1-11-17-14(21-18-11)10-22-13-5-3-2-4-12(13)15(20)19-8-6-16-7-9-19/h2-5,16H,6-10H2,1H3. The number of carbonyl (C=O) groups is 1. The fraction of sp³-hybridized carbons (Fsp3) is 0.400. The fourth-order valence-corrected chi connectivity index (χ4v) is 3.23. The zero-order valence-corrected chi connectivity index (χ0v) is 13.2. The van der Waals surface area contributed by atoms with Crippen LogP contribution in [0.2, 0.25) is 0 Å². The molecular formula is C15H18N4O2S. The molecule has 0 saturated carbocycles. The first-order valence-corrected chi connectivity index (χ1v) is 8.23. The molecule has 3 rings (SSSR count). The summed E-state index contributed by atoms with van der Waals surface area (Å²) in [7, 11) is 0. The van der Waals surface area contributed by atoms with Crippen molar-refractivity contribution >= 4 is 17.7 Å². The largest absolute Gasteiger partial charge is 0.338 e. The van der Waals surface area contributed by atoms with Crippen LogP contribution in [0, 0.1) is 6.92 Å². The quantitative estimate of drug-likeness (QED) is 0.866. The van der Waals surface area contributed by atoms with Crippen LogP contribution in [0.1, 0.15) is 22.1 Å². The molecule has 7 heteroatoms. The Kier molecular flexibility index (Phi) is 4.74. The summed E-state index contributed by atoms with van der Waals surface area (Å²) >= 11 is 1.55. The first kappa shape index (κ1) is 15.1. The molecule has 116 valence electrons. The van der Waals surface area contributed by atoms with E-state index >= 15 is 0 Å². The third-order valence-electron chi connectivity index (χ3n) is 3.44. The van der Waals surface area contributed by atoms with Crippen LogP contribution in [0.5, 0.6) is 0 Å². The fourth-order valence-electron chi connectivity index (χ4n) is 2.35. The van der Waals surface area contributed by atoms with Gasteiger partial charge in [-0.1, -0.05) is 17.3 Å². The Morgan fingerprint density at radius 1 is 1.36 bits per heavy atom. The Hall–Kier alpha value is -1.86.